The topological polar surface area (TPSA) is 0 Å². The number of benzene rings is 5. The van der Waals surface area contributed by atoms with E-state index in [9.17, 15) is 0 Å². The summed E-state index contributed by atoms with van der Waals surface area (Å²) in [5.74, 6) is 0. The van der Waals surface area contributed by atoms with E-state index in [-0.39, 0.29) is 0 Å². The molecule has 0 saturated heterocycles. The van der Waals surface area contributed by atoms with Crippen molar-refractivity contribution in [3.63, 3.8) is 0 Å². The fraction of sp³-hybridized carbons (Fsp3) is 0. The zero-order valence-corrected chi connectivity index (χ0v) is 21.0. The van der Waals surface area contributed by atoms with Crippen LogP contribution in [0.15, 0.2) is 121 Å². The Kier molecular flexibility index (Phi) is 5.91. The first-order valence-corrected chi connectivity index (χ1v) is 13.0. The molecule has 0 saturated carbocycles. The van der Waals surface area contributed by atoms with Gasteiger partial charge in [0.05, 0.1) is 0 Å². The lowest BCUT2D eigenvalue weighted by Gasteiger charge is -2.23. The van der Waals surface area contributed by atoms with Gasteiger partial charge in [-0.2, -0.15) is 0 Å². The molecule has 5 aromatic carbocycles. The molecule has 0 aliphatic heterocycles. The Bertz CT molecular complexity index is 1500. The van der Waals surface area contributed by atoms with Crippen LogP contribution in [0.25, 0.3) is 55.3 Å². The molecule has 0 aliphatic carbocycles. The molecule has 0 atom stereocenters. The van der Waals surface area contributed by atoms with Crippen LogP contribution in [0.1, 0.15) is 0 Å². The van der Waals surface area contributed by atoms with Gasteiger partial charge in [-0.25, -0.2) is 0 Å². The zero-order chi connectivity index (χ0) is 23.8. The number of halogens is 2. The van der Waals surface area contributed by atoms with E-state index in [2.05, 4.69) is 109 Å². The first-order chi connectivity index (χ1) is 17.2. The predicted octanol–water partition coefficient (Wildman–Crippen LogP) is 10.9. The maximum absolute atomic E-state index is 6.98. The van der Waals surface area contributed by atoms with Gasteiger partial charge in [0.1, 0.15) is 8.67 Å². The minimum Gasteiger partial charge on any atom is -0.110 e. The van der Waals surface area contributed by atoms with Gasteiger partial charge >= 0.3 is 0 Å². The van der Waals surface area contributed by atoms with Gasteiger partial charge in [-0.15, -0.1) is 11.3 Å². The second-order valence-corrected chi connectivity index (χ2v) is 10.6. The van der Waals surface area contributed by atoms with Gasteiger partial charge < -0.3 is 0 Å². The van der Waals surface area contributed by atoms with E-state index in [0.29, 0.717) is 8.67 Å². The van der Waals surface area contributed by atoms with E-state index in [0.717, 1.165) is 55.3 Å². The summed E-state index contributed by atoms with van der Waals surface area (Å²) in [6, 6.07) is 42.2. The highest BCUT2D eigenvalue weighted by molar-refractivity contribution is 7.22. The standard InChI is InChI=1S/C32H20Cl2S/c33-31-29-27(23-17-9-3-10-18-23)25(21-13-5-1-6-14-21)26(22-15-7-2-8-16-22)28(30(29)32(34)35-31)24-19-11-4-12-20-24/h1-20H. The number of thiophene rings is 1. The normalized spacial score (nSPS) is 11.1. The van der Waals surface area contributed by atoms with Crippen LogP contribution in [0.4, 0.5) is 0 Å². The molecule has 0 aliphatic rings. The highest BCUT2D eigenvalue weighted by Crippen LogP contribution is 2.56. The van der Waals surface area contributed by atoms with Gasteiger partial charge in [0.25, 0.3) is 0 Å². The van der Waals surface area contributed by atoms with Crippen molar-refractivity contribution in [2.24, 2.45) is 0 Å². The minimum absolute atomic E-state index is 0.706. The lowest BCUT2D eigenvalue weighted by atomic mass is 9.80. The minimum atomic E-state index is 0.706. The molecular weight excluding hydrogens is 487 g/mol. The number of hydrogen-bond acceptors (Lipinski definition) is 1. The van der Waals surface area contributed by atoms with E-state index in [4.69, 9.17) is 23.2 Å². The third-order valence-corrected chi connectivity index (χ3v) is 7.93. The average molecular weight is 507 g/mol. The van der Waals surface area contributed by atoms with E-state index in [1.807, 2.05) is 12.1 Å². The summed E-state index contributed by atoms with van der Waals surface area (Å²) < 4.78 is 1.41. The SMILES string of the molecule is Clc1sc(Cl)c2c(-c3ccccc3)c(-c3ccccc3)c(-c3ccccc3)c(-c3ccccc3)c12. The highest BCUT2D eigenvalue weighted by Gasteiger charge is 2.27. The van der Waals surface area contributed by atoms with Crippen LogP contribution < -0.4 is 0 Å². The second kappa shape index (κ2) is 9.36. The summed E-state index contributed by atoms with van der Waals surface area (Å²) in [5, 5.41) is 2.01. The maximum atomic E-state index is 6.98. The van der Waals surface area contributed by atoms with E-state index in [1.165, 1.54) is 11.3 Å². The number of hydrogen-bond donors (Lipinski definition) is 0. The van der Waals surface area contributed by atoms with Gasteiger partial charge in [-0.05, 0) is 33.4 Å². The van der Waals surface area contributed by atoms with Gasteiger partial charge in [-0.1, -0.05) is 145 Å². The molecule has 1 aromatic heterocycles. The van der Waals surface area contributed by atoms with Crippen LogP contribution in [0.5, 0.6) is 0 Å². The van der Waals surface area contributed by atoms with Crippen LogP contribution in [-0.2, 0) is 0 Å². The third kappa shape index (κ3) is 3.86. The molecular formula is C32H20Cl2S. The molecule has 0 nitrogen and oxygen atoms in total. The molecule has 0 radical (unpaired) electrons. The van der Waals surface area contributed by atoms with Crippen molar-refractivity contribution in [3.8, 4) is 44.5 Å². The van der Waals surface area contributed by atoms with Gasteiger partial charge in [0.15, 0.2) is 0 Å². The van der Waals surface area contributed by atoms with Gasteiger partial charge in [0, 0.05) is 21.9 Å². The first-order valence-electron chi connectivity index (χ1n) is 11.4. The molecule has 168 valence electrons. The Morgan fingerprint density at radius 2 is 0.600 bits per heavy atom. The Morgan fingerprint density at radius 1 is 0.343 bits per heavy atom. The molecule has 0 spiro atoms. The quantitative estimate of drug-likeness (QED) is 0.223. The Labute approximate surface area is 219 Å². The van der Waals surface area contributed by atoms with Crippen LogP contribution in [-0.4, -0.2) is 0 Å². The lowest BCUT2D eigenvalue weighted by Crippen LogP contribution is -1.96. The molecule has 1 heterocycles. The molecule has 6 rings (SSSR count). The molecule has 3 heteroatoms. The summed E-state index contributed by atoms with van der Waals surface area (Å²) in [7, 11) is 0. The summed E-state index contributed by atoms with van der Waals surface area (Å²) >= 11 is 15.4. The second-order valence-electron chi connectivity index (χ2n) is 8.36. The highest BCUT2D eigenvalue weighted by atomic mass is 35.5. The molecule has 6 aromatic rings. The maximum Gasteiger partial charge on any atom is 0.103 e. The average Bonchev–Trinajstić information content (AvgIpc) is 3.22. The molecule has 35 heavy (non-hydrogen) atoms. The third-order valence-electron chi connectivity index (χ3n) is 6.32. The van der Waals surface area contributed by atoms with Crippen LogP contribution >= 0.6 is 34.5 Å². The molecule has 0 fully saturated rings. The van der Waals surface area contributed by atoms with Crippen molar-refractivity contribution < 1.29 is 0 Å². The fourth-order valence-electron chi connectivity index (χ4n) is 4.90. The van der Waals surface area contributed by atoms with Crippen LogP contribution in [0.3, 0.4) is 0 Å². The summed E-state index contributed by atoms with van der Waals surface area (Å²) in [6.07, 6.45) is 0. The molecule has 0 bridgehead atoms. The monoisotopic (exact) mass is 506 g/mol. The Morgan fingerprint density at radius 3 is 0.886 bits per heavy atom. The molecule has 0 N–H and O–H groups in total. The van der Waals surface area contributed by atoms with Crippen molar-refractivity contribution >= 4 is 45.3 Å². The predicted molar refractivity (Wildman–Crippen MR) is 154 cm³/mol. The number of fused-ring (bicyclic) bond motifs is 1. The summed E-state index contributed by atoms with van der Waals surface area (Å²) in [6.45, 7) is 0. The van der Waals surface area contributed by atoms with Crippen molar-refractivity contribution in [3.05, 3.63) is 130 Å². The van der Waals surface area contributed by atoms with E-state index < -0.39 is 0 Å². The number of rotatable bonds is 4. The van der Waals surface area contributed by atoms with E-state index >= 15 is 0 Å². The molecule has 0 unspecified atom stereocenters. The van der Waals surface area contributed by atoms with Crippen molar-refractivity contribution in [2.45, 2.75) is 0 Å². The van der Waals surface area contributed by atoms with Gasteiger partial charge in [0.2, 0.25) is 0 Å². The van der Waals surface area contributed by atoms with Crippen molar-refractivity contribution in [1.29, 1.82) is 0 Å². The van der Waals surface area contributed by atoms with Crippen molar-refractivity contribution in [1.82, 2.24) is 0 Å². The Balaban J connectivity index is 1.93. The van der Waals surface area contributed by atoms with Crippen molar-refractivity contribution in [2.75, 3.05) is 0 Å². The lowest BCUT2D eigenvalue weighted by molar-refractivity contribution is 1.57. The summed E-state index contributed by atoms with van der Waals surface area (Å²) in [5.41, 5.74) is 9.05. The smallest absolute Gasteiger partial charge is 0.103 e. The molecule has 0 amide bonds. The fourth-order valence-corrected chi connectivity index (χ4v) is 6.63. The first kappa shape index (κ1) is 22.1. The van der Waals surface area contributed by atoms with Crippen LogP contribution in [0.2, 0.25) is 8.67 Å². The van der Waals surface area contributed by atoms with Gasteiger partial charge in [-0.3, -0.25) is 0 Å². The van der Waals surface area contributed by atoms with Crippen LogP contribution in [0, 0.1) is 0 Å². The zero-order valence-electron chi connectivity index (χ0n) is 18.7. The van der Waals surface area contributed by atoms with E-state index in [1.54, 1.807) is 0 Å². The largest absolute Gasteiger partial charge is 0.110 e. The summed E-state index contributed by atoms with van der Waals surface area (Å²) in [4.78, 5) is 0. The Hall–Kier alpha value is -3.36.